The fourth-order valence-corrected chi connectivity index (χ4v) is 3.22. The number of nitrogens with two attached hydrogens (primary N) is 1. The summed E-state index contributed by atoms with van der Waals surface area (Å²) in [7, 11) is 0. The maximum absolute atomic E-state index is 12.7. The van der Waals surface area contributed by atoms with Gasteiger partial charge in [0.15, 0.2) is 0 Å². The maximum Gasteiger partial charge on any atom is 0.243 e. The summed E-state index contributed by atoms with van der Waals surface area (Å²) in [5.74, 6) is 0.162. The molecule has 5 heteroatoms. The minimum absolute atomic E-state index is 0.0415. The van der Waals surface area contributed by atoms with Gasteiger partial charge in [0.1, 0.15) is 6.04 Å². The minimum atomic E-state index is -0.359. The van der Waals surface area contributed by atoms with Crippen molar-refractivity contribution >= 4 is 11.8 Å². The number of hydrogen-bond acceptors (Lipinski definition) is 3. The largest absolute Gasteiger partial charge is 0.352 e. The van der Waals surface area contributed by atoms with Gasteiger partial charge in [-0.3, -0.25) is 9.59 Å². The Morgan fingerprint density at radius 1 is 1.21 bits per heavy atom. The van der Waals surface area contributed by atoms with Crippen molar-refractivity contribution in [2.75, 3.05) is 13.1 Å². The lowest BCUT2D eigenvalue weighted by atomic mass is 9.67. The van der Waals surface area contributed by atoms with Gasteiger partial charge >= 0.3 is 0 Å². The zero-order valence-electron chi connectivity index (χ0n) is 11.4. The molecule has 1 atom stereocenters. The molecule has 19 heavy (non-hydrogen) atoms. The van der Waals surface area contributed by atoms with Crippen molar-refractivity contribution < 1.29 is 9.59 Å². The van der Waals surface area contributed by atoms with Crippen molar-refractivity contribution in [1.29, 1.82) is 0 Å². The molecule has 106 valence electrons. The molecule has 3 aliphatic rings. The monoisotopic (exact) mass is 265 g/mol. The van der Waals surface area contributed by atoms with Gasteiger partial charge in [0.2, 0.25) is 11.8 Å². The Balaban J connectivity index is 1.68. The molecule has 0 bridgehead atoms. The third-order valence-corrected chi connectivity index (χ3v) is 4.90. The number of likely N-dealkylation sites (tertiary alicyclic amines) is 1. The van der Waals surface area contributed by atoms with E-state index >= 15 is 0 Å². The molecular weight excluding hydrogens is 242 g/mol. The quantitative estimate of drug-likeness (QED) is 0.772. The van der Waals surface area contributed by atoms with Gasteiger partial charge in [0.05, 0.1) is 5.41 Å². The second-order valence-corrected chi connectivity index (χ2v) is 6.28. The smallest absolute Gasteiger partial charge is 0.243 e. The first-order valence-corrected chi connectivity index (χ1v) is 7.48. The molecule has 2 aliphatic carbocycles. The van der Waals surface area contributed by atoms with E-state index in [1.807, 2.05) is 0 Å². The molecule has 3 fully saturated rings. The first kappa shape index (κ1) is 12.9. The predicted octanol–water partition coefficient (Wildman–Crippen LogP) is 0.385. The van der Waals surface area contributed by atoms with E-state index in [-0.39, 0.29) is 23.3 Å². The van der Waals surface area contributed by atoms with Crippen LogP contribution in [0, 0.1) is 5.41 Å². The molecule has 0 aromatic carbocycles. The Bertz CT molecular complexity index is 383. The average molecular weight is 265 g/mol. The Morgan fingerprint density at radius 3 is 2.47 bits per heavy atom. The van der Waals surface area contributed by atoms with E-state index in [0.29, 0.717) is 19.1 Å². The Hall–Kier alpha value is -1.10. The highest BCUT2D eigenvalue weighted by atomic mass is 16.2. The molecule has 1 heterocycles. The fourth-order valence-electron chi connectivity index (χ4n) is 3.22. The van der Waals surface area contributed by atoms with E-state index in [2.05, 4.69) is 5.32 Å². The van der Waals surface area contributed by atoms with Crippen molar-refractivity contribution in [2.24, 2.45) is 11.1 Å². The van der Waals surface area contributed by atoms with Crippen LogP contribution < -0.4 is 11.1 Å². The van der Waals surface area contributed by atoms with Crippen LogP contribution >= 0.6 is 0 Å². The number of carbonyl (C=O) groups excluding carboxylic acids is 2. The summed E-state index contributed by atoms with van der Waals surface area (Å²) in [6.45, 7) is 1.13. The van der Waals surface area contributed by atoms with E-state index in [1.54, 1.807) is 4.90 Å². The second kappa shape index (κ2) is 4.78. The first-order valence-electron chi connectivity index (χ1n) is 7.48. The maximum atomic E-state index is 12.7. The summed E-state index contributed by atoms with van der Waals surface area (Å²) in [5, 5.41) is 3.02. The van der Waals surface area contributed by atoms with Crippen LogP contribution in [0.4, 0.5) is 0 Å². The van der Waals surface area contributed by atoms with E-state index < -0.39 is 0 Å². The number of rotatable bonds is 4. The third kappa shape index (κ3) is 2.24. The summed E-state index contributed by atoms with van der Waals surface area (Å²) in [4.78, 5) is 26.7. The summed E-state index contributed by atoms with van der Waals surface area (Å²) >= 11 is 0. The summed E-state index contributed by atoms with van der Waals surface area (Å²) in [6, 6.07) is 0.106. The second-order valence-electron chi connectivity index (χ2n) is 6.28. The average Bonchev–Trinajstić information content (AvgIpc) is 3.02. The number of amides is 2. The van der Waals surface area contributed by atoms with Crippen molar-refractivity contribution in [3.63, 3.8) is 0 Å². The molecule has 3 N–H and O–H groups in total. The van der Waals surface area contributed by atoms with E-state index in [4.69, 9.17) is 5.73 Å². The third-order valence-electron chi connectivity index (χ3n) is 4.90. The van der Waals surface area contributed by atoms with Crippen LogP contribution in [0.5, 0.6) is 0 Å². The molecule has 1 aliphatic heterocycles. The molecule has 3 rings (SSSR count). The van der Waals surface area contributed by atoms with E-state index in [9.17, 15) is 9.59 Å². The highest BCUT2D eigenvalue weighted by molar-refractivity contribution is 5.91. The van der Waals surface area contributed by atoms with Crippen LogP contribution in [0.1, 0.15) is 44.9 Å². The SMILES string of the molecule is NCC1(C(=O)N2CCCC2C(=O)NC2CC2)CCC1. The molecule has 0 aromatic rings. The molecule has 0 aromatic heterocycles. The fraction of sp³-hybridized carbons (Fsp3) is 0.857. The minimum Gasteiger partial charge on any atom is -0.352 e. The number of carbonyl (C=O) groups is 2. The van der Waals surface area contributed by atoms with Gasteiger partial charge in [-0.25, -0.2) is 0 Å². The number of hydrogen-bond donors (Lipinski definition) is 2. The summed E-state index contributed by atoms with van der Waals surface area (Å²) in [5.41, 5.74) is 5.44. The summed E-state index contributed by atoms with van der Waals surface area (Å²) in [6.07, 6.45) is 6.74. The topological polar surface area (TPSA) is 75.4 Å². The first-order chi connectivity index (χ1) is 9.16. The lowest BCUT2D eigenvalue weighted by molar-refractivity contribution is -0.150. The van der Waals surface area contributed by atoms with Gasteiger partial charge in [0, 0.05) is 19.1 Å². The molecule has 5 nitrogen and oxygen atoms in total. The normalized spacial score (nSPS) is 28.9. The molecule has 2 saturated carbocycles. The van der Waals surface area contributed by atoms with E-state index in [0.717, 1.165) is 44.9 Å². The number of nitrogens with one attached hydrogen (secondary N) is 1. The van der Waals surface area contributed by atoms with Crippen LogP contribution in [-0.4, -0.2) is 41.9 Å². The molecular formula is C14H23N3O2. The Morgan fingerprint density at radius 2 is 1.95 bits per heavy atom. The van der Waals surface area contributed by atoms with Gasteiger partial charge in [-0.1, -0.05) is 6.42 Å². The van der Waals surface area contributed by atoms with Crippen molar-refractivity contribution in [2.45, 2.75) is 57.0 Å². The van der Waals surface area contributed by atoms with Crippen LogP contribution in [0.2, 0.25) is 0 Å². The molecule has 1 saturated heterocycles. The highest BCUT2D eigenvalue weighted by Gasteiger charge is 2.48. The standard InChI is InChI=1S/C14H23N3O2/c15-9-14(6-2-7-14)13(19)17-8-1-3-11(17)12(18)16-10-4-5-10/h10-11H,1-9,15H2,(H,16,18). The van der Waals surface area contributed by atoms with Gasteiger partial charge in [-0.2, -0.15) is 0 Å². The molecule has 0 spiro atoms. The zero-order chi connectivity index (χ0) is 13.5. The highest BCUT2D eigenvalue weighted by Crippen LogP contribution is 2.42. The van der Waals surface area contributed by atoms with Crippen LogP contribution in [-0.2, 0) is 9.59 Å². The molecule has 2 amide bonds. The van der Waals surface area contributed by atoms with Gasteiger partial charge in [-0.05, 0) is 38.5 Å². The van der Waals surface area contributed by atoms with Gasteiger partial charge in [-0.15, -0.1) is 0 Å². The van der Waals surface area contributed by atoms with E-state index in [1.165, 1.54) is 0 Å². The van der Waals surface area contributed by atoms with Crippen LogP contribution in [0.15, 0.2) is 0 Å². The lowest BCUT2D eigenvalue weighted by Gasteiger charge is -2.43. The van der Waals surface area contributed by atoms with Crippen molar-refractivity contribution in [3.05, 3.63) is 0 Å². The summed E-state index contributed by atoms with van der Waals surface area (Å²) < 4.78 is 0. The van der Waals surface area contributed by atoms with Crippen molar-refractivity contribution in [1.82, 2.24) is 10.2 Å². The molecule has 0 radical (unpaired) electrons. The van der Waals surface area contributed by atoms with Crippen LogP contribution in [0.3, 0.4) is 0 Å². The van der Waals surface area contributed by atoms with Crippen molar-refractivity contribution in [3.8, 4) is 0 Å². The molecule has 1 unspecified atom stereocenters. The zero-order valence-corrected chi connectivity index (χ0v) is 11.4. The van der Waals surface area contributed by atoms with Gasteiger partial charge in [0.25, 0.3) is 0 Å². The van der Waals surface area contributed by atoms with Crippen LogP contribution in [0.25, 0.3) is 0 Å². The van der Waals surface area contributed by atoms with Gasteiger partial charge < -0.3 is 16.0 Å². The number of nitrogens with zero attached hydrogens (tertiary/aromatic N) is 1. The Labute approximate surface area is 113 Å². The lowest BCUT2D eigenvalue weighted by Crippen LogP contribution is -2.56. The predicted molar refractivity (Wildman–Crippen MR) is 71.2 cm³/mol. The Kier molecular flexibility index (Phi) is 3.25.